The number of rotatable bonds is 3. The molecule has 1 N–H and O–H groups in total. The van der Waals surface area contributed by atoms with Crippen LogP contribution in [0.2, 0.25) is 0 Å². The summed E-state index contributed by atoms with van der Waals surface area (Å²) < 4.78 is 5.06. The van der Waals surface area contributed by atoms with Gasteiger partial charge < -0.3 is 9.73 Å². The smallest absolute Gasteiger partial charge is 0.225 e. The number of carbonyl (C=O) groups is 1. The molecular weight excluding hydrogens is 246 g/mol. The van der Waals surface area contributed by atoms with Crippen molar-refractivity contribution in [3.05, 3.63) is 34.9 Å². The van der Waals surface area contributed by atoms with E-state index in [1.807, 2.05) is 26.8 Å². The van der Waals surface area contributed by atoms with E-state index in [4.69, 9.17) is 4.42 Å². The summed E-state index contributed by atoms with van der Waals surface area (Å²) in [4.78, 5) is 12.9. The van der Waals surface area contributed by atoms with E-state index in [-0.39, 0.29) is 11.3 Å². The van der Waals surface area contributed by atoms with Gasteiger partial charge in [0.15, 0.2) is 0 Å². The maximum atomic E-state index is 11.8. The van der Waals surface area contributed by atoms with Crippen LogP contribution in [0.5, 0.6) is 0 Å². The highest BCUT2D eigenvalue weighted by Crippen LogP contribution is 2.26. The molecule has 0 unspecified atom stereocenters. The summed E-state index contributed by atoms with van der Waals surface area (Å²) in [6, 6.07) is 4.01. The zero-order chi connectivity index (χ0) is 13.2. The van der Waals surface area contributed by atoms with E-state index in [0.29, 0.717) is 6.54 Å². The van der Waals surface area contributed by atoms with Gasteiger partial charge in [-0.15, -0.1) is 11.3 Å². The van der Waals surface area contributed by atoms with Crippen molar-refractivity contribution in [1.82, 2.24) is 5.32 Å². The molecule has 2 aromatic rings. The highest BCUT2D eigenvalue weighted by atomic mass is 32.1. The molecule has 0 aliphatic rings. The van der Waals surface area contributed by atoms with Crippen molar-refractivity contribution >= 4 is 17.2 Å². The van der Waals surface area contributed by atoms with Crippen LogP contribution in [0.15, 0.2) is 34.5 Å². The lowest BCUT2D eigenvalue weighted by Crippen LogP contribution is -2.34. The van der Waals surface area contributed by atoms with Gasteiger partial charge in [0.1, 0.15) is 0 Å². The van der Waals surface area contributed by atoms with E-state index >= 15 is 0 Å². The third-order valence-corrected chi connectivity index (χ3v) is 3.55. The molecule has 0 atom stereocenters. The Hall–Kier alpha value is -1.55. The number of furan rings is 1. The van der Waals surface area contributed by atoms with E-state index in [0.717, 1.165) is 16.0 Å². The lowest BCUT2D eigenvalue weighted by Gasteiger charge is -2.17. The number of amides is 1. The van der Waals surface area contributed by atoms with E-state index in [1.165, 1.54) is 0 Å². The van der Waals surface area contributed by atoms with Gasteiger partial charge in [0, 0.05) is 15.9 Å². The van der Waals surface area contributed by atoms with Crippen LogP contribution in [0.25, 0.3) is 11.1 Å². The Bertz CT molecular complexity index is 520. The molecule has 0 saturated heterocycles. The van der Waals surface area contributed by atoms with Crippen LogP contribution in [0.4, 0.5) is 0 Å². The topological polar surface area (TPSA) is 42.2 Å². The number of carbonyl (C=O) groups excluding carboxylic acids is 1. The van der Waals surface area contributed by atoms with Crippen molar-refractivity contribution in [3.63, 3.8) is 0 Å². The molecular formula is C14H17NO2S. The first kappa shape index (κ1) is 12.9. The second-order valence-electron chi connectivity index (χ2n) is 5.25. The molecule has 0 aliphatic carbocycles. The predicted molar refractivity (Wildman–Crippen MR) is 73.3 cm³/mol. The minimum absolute atomic E-state index is 0.0701. The van der Waals surface area contributed by atoms with Crippen LogP contribution in [-0.4, -0.2) is 5.91 Å². The zero-order valence-corrected chi connectivity index (χ0v) is 11.6. The van der Waals surface area contributed by atoms with Gasteiger partial charge in [0.05, 0.1) is 19.1 Å². The monoisotopic (exact) mass is 263 g/mol. The lowest BCUT2D eigenvalue weighted by atomic mass is 9.96. The molecule has 0 saturated carbocycles. The van der Waals surface area contributed by atoms with E-state index in [9.17, 15) is 4.79 Å². The minimum atomic E-state index is -0.343. The van der Waals surface area contributed by atoms with Gasteiger partial charge in [-0.2, -0.15) is 0 Å². The first-order valence-electron chi connectivity index (χ1n) is 5.85. The van der Waals surface area contributed by atoms with E-state index in [1.54, 1.807) is 23.9 Å². The average Bonchev–Trinajstić information content (AvgIpc) is 2.94. The maximum absolute atomic E-state index is 11.8. The molecule has 0 radical (unpaired) electrons. The van der Waals surface area contributed by atoms with Crippen molar-refractivity contribution in [3.8, 4) is 11.1 Å². The summed E-state index contributed by atoms with van der Waals surface area (Å²) in [5, 5.41) is 5.02. The molecule has 96 valence electrons. The Balaban J connectivity index is 1.98. The third-order valence-electron chi connectivity index (χ3n) is 2.61. The van der Waals surface area contributed by atoms with Crippen LogP contribution in [0.3, 0.4) is 0 Å². The van der Waals surface area contributed by atoms with Crippen LogP contribution >= 0.6 is 11.3 Å². The maximum Gasteiger partial charge on any atom is 0.225 e. The predicted octanol–water partition coefficient (Wildman–Crippen LogP) is 3.67. The molecule has 18 heavy (non-hydrogen) atoms. The van der Waals surface area contributed by atoms with E-state index in [2.05, 4.69) is 16.8 Å². The second-order valence-corrected chi connectivity index (χ2v) is 6.24. The molecule has 2 heterocycles. The largest absolute Gasteiger partial charge is 0.472 e. The van der Waals surface area contributed by atoms with Gasteiger partial charge in [-0.05, 0) is 23.1 Å². The summed E-state index contributed by atoms with van der Waals surface area (Å²) >= 11 is 1.64. The fraction of sp³-hybridized carbons (Fsp3) is 0.357. The highest BCUT2D eigenvalue weighted by Gasteiger charge is 2.20. The fourth-order valence-electron chi connectivity index (χ4n) is 1.49. The standard InChI is InChI=1S/C14H17NO2S/c1-14(2,3)13(16)15-7-12-6-11(9-18-12)10-4-5-17-8-10/h4-6,8-9H,7H2,1-3H3,(H,15,16). The number of nitrogens with one attached hydrogen (secondary N) is 1. The van der Waals surface area contributed by atoms with Gasteiger partial charge in [-0.3, -0.25) is 4.79 Å². The highest BCUT2D eigenvalue weighted by molar-refractivity contribution is 7.10. The molecule has 3 nitrogen and oxygen atoms in total. The Morgan fingerprint density at radius 1 is 1.39 bits per heavy atom. The van der Waals surface area contributed by atoms with Gasteiger partial charge in [0.25, 0.3) is 0 Å². The molecule has 1 amide bonds. The van der Waals surface area contributed by atoms with Gasteiger partial charge in [-0.1, -0.05) is 20.8 Å². The SMILES string of the molecule is CC(C)(C)C(=O)NCc1cc(-c2ccoc2)cs1. The van der Waals surface area contributed by atoms with Crippen molar-refractivity contribution < 1.29 is 9.21 Å². The third kappa shape index (κ3) is 3.01. The van der Waals surface area contributed by atoms with Crippen LogP contribution in [0.1, 0.15) is 25.6 Å². The molecule has 0 aromatic carbocycles. The first-order chi connectivity index (χ1) is 8.47. The van der Waals surface area contributed by atoms with Crippen LogP contribution in [-0.2, 0) is 11.3 Å². The normalized spacial score (nSPS) is 11.5. The molecule has 0 aliphatic heterocycles. The summed E-state index contributed by atoms with van der Waals surface area (Å²) in [5.74, 6) is 0.0701. The Labute approximate surface area is 111 Å². The van der Waals surface area contributed by atoms with Gasteiger partial charge >= 0.3 is 0 Å². The van der Waals surface area contributed by atoms with Crippen LogP contribution < -0.4 is 5.32 Å². The number of thiophene rings is 1. The van der Waals surface area contributed by atoms with Crippen molar-refractivity contribution in [2.45, 2.75) is 27.3 Å². The summed E-state index contributed by atoms with van der Waals surface area (Å²) in [7, 11) is 0. The first-order valence-corrected chi connectivity index (χ1v) is 6.73. The molecule has 0 bridgehead atoms. The Morgan fingerprint density at radius 3 is 2.78 bits per heavy atom. The summed E-state index contributed by atoms with van der Waals surface area (Å²) in [6.07, 6.45) is 3.38. The van der Waals surface area contributed by atoms with Crippen LogP contribution in [0, 0.1) is 5.41 Å². The number of hydrogen-bond acceptors (Lipinski definition) is 3. The van der Waals surface area contributed by atoms with Crippen molar-refractivity contribution in [1.29, 1.82) is 0 Å². The molecule has 4 heteroatoms. The minimum Gasteiger partial charge on any atom is -0.472 e. The number of hydrogen-bond donors (Lipinski definition) is 1. The van der Waals surface area contributed by atoms with Crippen molar-refractivity contribution in [2.24, 2.45) is 5.41 Å². The average molecular weight is 263 g/mol. The fourth-order valence-corrected chi connectivity index (χ4v) is 2.32. The summed E-state index contributed by atoms with van der Waals surface area (Å²) in [5.41, 5.74) is 1.86. The molecule has 0 fully saturated rings. The molecule has 2 aromatic heterocycles. The van der Waals surface area contributed by atoms with Crippen molar-refractivity contribution in [2.75, 3.05) is 0 Å². The molecule has 2 rings (SSSR count). The van der Waals surface area contributed by atoms with Gasteiger partial charge in [0.2, 0.25) is 5.91 Å². The quantitative estimate of drug-likeness (QED) is 0.918. The molecule has 0 spiro atoms. The Morgan fingerprint density at radius 2 is 2.17 bits per heavy atom. The van der Waals surface area contributed by atoms with E-state index < -0.39 is 0 Å². The van der Waals surface area contributed by atoms with Gasteiger partial charge in [-0.25, -0.2) is 0 Å². The Kier molecular flexibility index (Phi) is 3.57. The lowest BCUT2D eigenvalue weighted by molar-refractivity contribution is -0.128. The second kappa shape index (κ2) is 4.98. The summed E-state index contributed by atoms with van der Waals surface area (Å²) in [6.45, 7) is 6.31. The zero-order valence-electron chi connectivity index (χ0n) is 10.8.